The van der Waals surface area contributed by atoms with Gasteiger partial charge in [-0.15, -0.1) is 11.3 Å². The molecule has 1 saturated heterocycles. The first kappa shape index (κ1) is 14.0. The van der Waals surface area contributed by atoms with Gasteiger partial charge >= 0.3 is 0 Å². The fourth-order valence-electron chi connectivity index (χ4n) is 2.54. The van der Waals surface area contributed by atoms with E-state index in [0.717, 1.165) is 33.6 Å². The Bertz CT molecular complexity index is 444. The smallest absolute Gasteiger partial charge is 0.256 e. The van der Waals surface area contributed by atoms with Crippen molar-refractivity contribution in [2.45, 2.75) is 45.2 Å². The molecule has 1 aliphatic rings. The molecule has 0 aliphatic carbocycles. The molecule has 1 fully saturated rings. The third-order valence-corrected chi connectivity index (χ3v) is 5.21. The topological polar surface area (TPSA) is 46.3 Å². The van der Waals surface area contributed by atoms with Crippen molar-refractivity contribution in [3.05, 3.63) is 20.3 Å². The third-order valence-electron chi connectivity index (χ3n) is 3.46. The number of carbonyl (C=O) groups excluding carboxylic acids is 1. The second-order valence-corrected chi connectivity index (χ2v) is 7.54. The van der Waals surface area contributed by atoms with Gasteiger partial charge in [-0.25, -0.2) is 0 Å². The van der Waals surface area contributed by atoms with Crippen LogP contribution in [-0.4, -0.2) is 29.4 Å². The highest BCUT2D eigenvalue weighted by Crippen LogP contribution is 2.30. The Morgan fingerprint density at radius 1 is 1.61 bits per heavy atom. The molecule has 2 N–H and O–H groups in total. The van der Waals surface area contributed by atoms with Gasteiger partial charge in [0, 0.05) is 23.5 Å². The minimum absolute atomic E-state index is 0.0350. The Hall–Kier alpha value is -0.390. The molecule has 1 amide bonds. The average molecular weight is 331 g/mol. The van der Waals surface area contributed by atoms with Gasteiger partial charge in [0.15, 0.2) is 0 Å². The zero-order valence-electron chi connectivity index (χ0n) is 10.8. The van der Waals surface area contributed by atoms with Gasteiger partial charge in [-0.05, 0) is 55.1 Å². The summed E-state index contributed by atoms with van der Waals surface area (Å²) in [6.45, 7) is 4.84. The van der Waals surface area contributed by atoms with E-state index in [1.54, 1.807) is 11.3 Å². The molecule has 18 heavy (non-hydrogen) atoms. The summed E-state index contributed by atoms with van der Waals surface area (Å²) in [5.41, 5.74) is 6.80. The first-order valence-electron chi connectivity index (χ1n) is 6.33. The lowest BCUT2D eigenvalue weighted by molar-refractivity contribution is 0.0583. The predicted molar refractivity (Wildman–Crippen MR) is 79.1 cm³/mol. The Kier molecular flexibility index (Phi) is 4.45. The zero-order valence-corrected chi connectivity index (χ0v) is 13.2. The van der Waals surface area contributed by atoms with Crippen LogP contribution < -0.4 is 5.73 Å². The number of hydrogen-bond acceptors (Lipinski definition) is 3. The highest BCUT2D eigenvalue weighted by Gasteiger charge is 2.31. The highest BCUT2D eigenvalue weighted by atomic mass is 79.9. The summed E-state index contributed by atoms with van der Waals surface area (Å²) in [6.07, 6.45) is 3.26. The molecule has 100 valence electrons. The first-order chi connectivity index (χ1) is 8.50. The molecule has 1 aromatic heterocycles. The van der Waals surface area contributed by atoms with Crippen LogP contribution in [0, 0.1) is 6.92 Å². The normalized spacial score (nSPS) is 22.0. The Labute approximate surface area is 120 Å². The molecule has 2 rings (SSSR count). The largest absolute Gasteiger partial charge is 0.334 e. The summed E-state index contributed by atoms with van der Waals surface area (Å²) in [4.78, 5) is 15.7. The minimum atomic E-state index is 0.0350. The van der Waals surface area contributed by atoms with Crippen molar-refractivity contribution >= 4 is 33.2 Å². The van der Waals surface area contributed by atoms with Crippen molar-refractivity contribution in [2.24, 2.45) is 5.73 Å². The van der Waals surface area contributed by atoms with Crippen molar-refractivity contribution in [3.63, 3.8) is 0 Å². The van der Waals surface area contributed by atoms with Crippen molar-refractivity contribution in [1.82, 2.24) is 4.90 Å². The summed E-state index contributed by atoms with van der Waals surface area (Å²) >= 11 is 5.09. The van der Waals surface area contributed by atoms with E-state index in [-0.39, 0.29) is 18.0 Å². The number of thiophene rings is 1. The van der Waals surface area contributed by atoms with Crippen LogP contribution in [-0.2, 0) is 0 Å². The van der Waals surface area contributed by atoms with Crippen LogP contribution in [0.2, 0.25) is 0 Å². The van der Waals surface area contributed by atoms with Gasteiger partial charge in [0.1, 0.15) is 0 Å². The van der Waals surface area contributed by atoms with Crippen molar-refractivity contribution in [2.75, 3.05) is 6.54 Å². The van der Waals surface area contributed by atoms with Gasteiger partial charge in [-0.2, -0.15) is 0 Å². The van der Waals surface area contributed by atoms with Crippen LogP contribution in [0.4, 0.5) is 0 Å². The molecule has 0 bridgehead atoms. The number of nitrogens with zero attached hydrogens (tertiary/aromatic N) is 1. The summed E-state index contributed by atoms with van der Waals surface area (Å²) < 4.78 is 0.930. The van der Waals surface area contributed by atoms with E-state index in [1.807, 2.05) is 24.8 Å². The van der Waals surface area contributed by atoms with E-state index >= 15 is 0 Å². The van der Waals surface area contributed by atoms with Gasteiger partial charge in [0.2, 0.25) is 0 Å². The molecule has 0 aromatic carbocycles. The molecule has 2 heterocycles. The van der Waals surface area contributed by atoms with Gasteiger partial charge in [0.05, 0.1) is 9.35 Å². The molecule has 5 heteroatoms. The Morgan fingerprint density at radius 2 is 2.33 bits per heavy atom. The number of carbonyl (C=O) groups is 1. The first-order valence-corrected chi connectivity index (χ1v) is 7.94. The lowest BCUT2D eigenvalue weighted by atomic mass is 9.96. The quantitative estimate of drug-likeness (QED) is 0.905. The minimum Gasteiger partial charge on any atom is -0.334 e. The molecule has 3 nitrogen and oxygen atoms in total. The maximum atomic E-state index is 12.6. The maximum Gasteiger partial charge on any atom is 0.256 e. The van der Waals surface area contributed by atoms with Crippen LogP contribution in [0.1, 0.15) is 41.4 Å². The van der Waals surface area contributed by atoms with Crippen LogP contribution >= 0.6 is 27.3 Å². The molecule has 1 aliphatic heterocycles. The maximum absolute atomic E-state index is 12.6. The number of piperidine rings is 1. The van der Waals surface area contributed by atoms with Crippen molar-refractivity contribution < 1.29 is 4.79 Å². The average Bonchev–Trinajstić information content (AvgIpc) is 2.67. The second kappa shape index (κ2) is 5.72. The molecular formula is C13H19BrN2OS. The van der Waals surface area contributed by atoms with E-state index in [2.05, 4.69) is 15.9 Å². The SMILES string of the molecule is Cc1cc(C(=O)N2CCCC[C@H]2[C@H](C)N)c(Br)s1. The number of nitrogens with two attached hydrogens (primary N) is 1. The van der Waals surface area contributed by atoms with E-state index in [9.17, 15) is 4.79 Å². The second-order valence-electron chi connectivity index (χ2n) is 4.97. The van der Waals surface area contributed by atoms with Gasteiger partial charge in [-0.3, -0.25) is 4.79 Å². The third kappa shape index (κ3) is 2.78. The molecule has 1 aromatic rings. The van der Waals surface area contributed by atoms with E-state index in [1.165, 1.54) is 6.42 Å². The molecule has 0 unspecified atom stereocenters. The molecule has 0 spiro atoms. The van der Waals surface area contributed by atoms with Crippen molar-refractivity contribution in [3.8, 4) is 0 Å². The predicted octanol–water partition coefficient (Wildman–Crippen LogP) is 3.16. The fourth-order valence-corrected chi connectivity index (χ4v) is 4.31. The monoisotopic (exact) mass is 330 g/mol. The number of likely N-dealkylation sites (tertiary alicyclic amines) is 1. The summed E-state index contributed by atoms with van der Waals surface area (Å²) in [7, 11) is 0. The number of aryl methyl sites for hydroxylation is 1. The zero-order chi connectivity index (χ0) is 13.3. The summed E-state index contributed by atoms with van der Waals surface area (Å²) in [6, 6.07) is 2.18. The lowest BCUT2D eigenvalue weighted by Crippen LogP contribution is -2.51. The molecule has 0 saturated carbocycles. The molecule has 2 atom stereocenters. The highest BCUT2D eigenvalue weighted by molar-refractivity contribution is 9.11. The van der Waals surface area contributed by atoms with Crippen LogP contribution in [0.5, 0.6) is 0 Å². The summed E-state index contributed by atoms with van der Waals surface area (Å²) in [5.74, 6) is 0.119. The summed E-state index contributed by atoms with van der Waals surface area (Å²) in [5, 5.41) is 0. The fraction of sp³-hybridized carbons (Fsp3) is 0.615. The van der Waals surface area contributed by atoms with Crippen LogP contribution in [0.25, 0.3) is 0 Å². The van der Waals surface area contributed by atoms with Gasteiger partial charge in [0.25, 0.3) is 5.91 Å². The Morgan fingerprint density at radius 3 is 2.89 bits per heavy atom. The number of rotatable bonds is 2. The van der Waals surface area contributed by atoms with Gasteiger partial charge < -0.3 is 10.6 Å². The van der Waals surface area contributed by atoms with Crippen LogP contribution in [0.15, 0.2) is 9.85 Å². The Balaban J connectivity index is 2.23. The molecular weight excluding hydrogens is 312 g/mol. The van der Waals surface area contributed by atoms with E-state index in [0.29, 0.717) is 0 Å². The molecule has 0 radical (unpaired) electrons. The number of halogens is 1. The van der Waals surface area contributed by atoms with E-state index in [4.69, 9.17) is 5.73 Å². The van der Waals surface area contributed by atoms with Crippen LogP contribution in [0.3, 0.4) is 0 Å². The lowest BCUT2D eigenvalue weighted by Gasteiger charge is -2.38. The number of hydrogen-bond donors (Lipinski definition) is 1. The number of amides is 1. The standard InChI is InChI=1S/C13H19BrN2OS/c1-8-7-10(12(14)18-8)13(17)16-6-4-3-5-11(16)9(2)15/h7,9,11H,3-6,15H2,1-2H3/t9-,11-/m0/s1. The van der Waals surface area contributed by atoms with Gasteiger partial charge in [-0.1, -0.05) is 0 Å². The van der Waals surface area contributed by atoms with E-state index < -0.39 is 0 Å². The van der Waals surface area contributed by atoms with Crippen molar-refractivity contribution in [1.29, 1.82) is 0 Å².